The van der Waals surface area contributed by atoms with Gasteiger partial charge in [0.2, 0.25) is 0 Å². The van der Waals surface area contributed by atoms with Gasteiger partial charge < -0.3 is 15.2 Å². The van der Waals surface area contributed by atoms with Crippen LogP contribution < -0.4 is 15.2 Å². The fourth-order valence-corrected chi connectivity index (χ4v) is 2.04. The van der Waals surface area contributed by atoms with Gasteiger partial charge in [0, 0.05) is 11.6 Å². The fourth-order valence-electron chi connectivity index (χ4n) is 1.78. The lowest BCUT2D eigenvalue weighted by Crippen LogP contribution is -2.25. The van der Waals surface area contributed by atoms with Crippen molar-refractivity contribution in [3.05, 3.63) is 22.7 Å². The van der Waals surface area contributed by atoms with Gasteiger partial charge in [-0.2, -0.15) is 0 Å². The van der Waals surface area contributed by atoms with Crippen LogP contribution in [0, 0.1) is 0 Å². The Morgan fingerprint density at radius 2 is 2.17 bits per heavy atom. The van der Waals surface area contributed by atoms with Gasteiger partial charge in [-0.1, -0.05) is 11.6 Å². The van der Waals surface area contributed by atoms with Crippen LogP contribution in [0.2, 0.25) is 5.02 Å². The predicted molar refractivity (Wildman–Crippen MR) is 69.7 cm³/mol. The van der Waals surface area contributed by atoms with Crippen molar-refractivity contribution in [3.8, 4) is 11.5 Å². The van der Waals surface area contributed by atoms with Crippen LogP contribution in [0.15, 0.2) is 12.1 Å². The number of hydrogen-bond donors (Lipinski definition) is 1. The molecule has 0 aliphatic heterocycles. The zero-order chi connectivity index (χ0) is 13.1. The molecule has 0 amide bonds. The zero-order valence-corrected chi connectivity index (χ0v) is 11.0. The van der Waals surface area contributed by atoms with Gasteiger partial charge in [-0.15, -0.1) is 0 Å². The first-order valence-corrected chi connectivity index (χ1v) is 6.31. The van der Waals surface area contributed by atoms with Crippen molar-refractivity contribution < 1.29 is 14.3 Å². The standard InChI is InChI=1S/C13H16ClNO3/c1-17-12-6-10(14)9(11(16)7-15)5-13(12)18-8-3-2-4-8/h5-6,8H,2-4,7,15H2,1H3. The summed E-state index contributed by atoms with van der Waals surface area (Å²) in [5.74, 6) is 0.894. The van der Waals surface area contributed by atoms with Crippen LogP contribution in [0.25, 0.3) is 0 Å². The van der Waals surface area contributed by atoms with Gasteiger partial charge >= 0.3 is 0 Å². The topological polar surface area (TPSA) is 61.5 Å². The largest absolute Gasteiger partial charge is 0.493 e. The Balaban J connectivity index is 2.32. The molecule has 4 nitrogen and oxygen atoms in total. The number of carbonyl (C=O) groups excluding carboxylic acids is 1. The second-order valence-corrected chi connectivity index (χ2v) is 4.69. The Labute approximate surface area is 111 Å². The van der Waals surface area contributed by atoms with Gasteiger partial charge in [-0.25, -0.2) is 0 Å². The highest BCUT2D eigenvalue weighted by Crippen LogP contribution is 2.36. The SMILES string of the molecule is COc1cc(Cl)c(C(=O)CN)cc1OC1CCC1. The van der Waals surface area contributed by atoms with E-state index >= 15 is 0 Å². The van der Waals surface area contributed by atoms with Crippen molar-refractivity contribution in [2.24, 2.45) is 5.73 Å². The summed E-state index contributed by atoms with van der Waals surface area (Å²) in [6, 6.07) is 3.22. The molecule has 1 aliphatic rings. The van der Waals surface area contributed by atoms with Crippen LogP contribution in [-0.2, 0) is 0 Å². The Morgan fingerprint density at radius 1 is 1.44 bits per heavy atom. The highest BCUT2D eigenvalue weighted by molar-refractivity contribution is 6.34. The molecular formula is C13H16ClNO3. The van der Waals surface area contributed by atoms with Crippen LogP contribution >= 0.6 is 11.6 Å². The van der Waals surface area contributed by atoms with Gasteiger partial charge in [-0.3, -0.25) is 4.79 Å². The Bertz CT molecular complexity index is 458. The summed E-state index contributed by atoms with van der Waals surface area (Å²) < 4.78 is 11.0. The molecule has 2 rings (SSSR count). The molecule has 0 bridgehead atoms. The van der Waals surface area contributed by atoms with E-state index in [0.717, 1.165) is 12.8 Å². The molecule has 0 aromatic heterocycles. The lowest BCUT2D eigenvalue weighted by Gasteiger charge is -2.27. The molecule has 0 unspecified atom stereocenters. The molecule has 2 N–H and O–H groups in total. The molecule has 0 spiro atoms. The first kappa shape index (κ1) is 13.2. The number of rotatable bonds is 5. The van der Waals surface area contributed by atoms with Crippen molar-refractivity contribution in [1.82, 2.24) is 0 Å². The van der Waals surface area contributed by atoms with Crippen LogP contribution in [-0.4, -0.2) is 25.5 Å². The van der Waals surface area contributed by atoms with Gasteiger partial charge in [0.1, 0.15) is 0 Å². The molecule has 1 saturated carbocycles. The third-order valence-corrected chi connectivity index (χ3v) is 3.40. The summed E-state index contributed by atoms with van der Waals surface area (Å²) in [6.07, 6.45) is 3.45. The van der Waals surface area contributed by atoms with Gasteiger partial charge in [0.25, 0.3) is 0 Å². The number of ether oxygens (including phenoxy) is 2. The number of methoxy groups -OCH3 is 1. The van der Waals surface area contributed by atoms with Crippen molar-refractivity contribution in [3.63, 3.8) is 0 Å². The quantitative estimate of drug-likeness (QED) is 0.834. The molecule has 0 radical (unpaired) electrons. The maximum atomic E-state index is 11.6. The van der Waals surface area contributed by atoms with Gasteiger partial charge in [0.05, 0.1) is 24.8 Å². The molecule has 1 aromatic rings. The lowest BCUT2D eigenvalue weighted by molar-refractivity contribution is 0.0996. The molecule has 1 aromatic carbocycles. The van der Waals surface area contributed by atoms with E-state index in [1.807, 2.05) is 0 Å². The minimum atomic E-state index is -0.207. The highest BCUT2D eigenvalue weighted by Gasteiger charge is 2.22. The minimum absolute atomic E-state index is 0.0745. The van der Waals surface area contributed by atoms with Crippen molar-refractivity contribution in [1.29, 1.82) is 0 Å². The number of hydrogen-bond acceptors (Lipinski definition) is 4. The third kappa shape index (κ3) is 2.60. The molecule has 0 atom stereocenters. The van der Waals surface area contributed by atoms with E-state index in [4.69, 9.17) is 26.8 Å². The maximum absolute atomic E-state index is 11.6. The van der Waals surface area contributed by atoms with E-state index in [2.05, 4.69) is 0 Å². The zero-order valence-electron chi connectivity index (χ0n) is 10.2. The molecule has 1 aliphatic carbocycles. The van der Waals surface area contributed by atoms with E-state index in [-0.39, 0.29) is 18.4 Å². The summed E-state index contributed by atoms with van der Waals surface area (Å²) in [6.45, 7) is -0.0745. The van der Waals surface area contributed by atoms with E-state index in [1.165, 1.54) is 6.42 Å². The van der Waals surface area contributed by atoms with Crippen LogP contribution in [0.4, 0.5) is 0 Å². The van der Waals surface area contributed by atoms with Crippen molar-refractivity contribution in [2.45, 2.75) is 25.4 Å². The van der Waals surface area contributed by atoms with E-state index in [9.17, 15) is 4.79 Å². The Kier molecular flexibility index (Phi) is 4.09. The molecule has 0 heterocycles. The van der Waals surface area contributed by atoms with E-state index < -0.39 is 0 Å². The number of carbonyl (C=O) groups is 1. The first-order chi connectivity index (χ1) is 8.65. The molecule has 0 saturated heterocycles. The lowest BCUT2D eigenvalue weighted by atomic mass is 9.96. The number of nitrogens with two attached hydrogens (primary N) is 1. The van der Waals surface area contributed by atoms with Crippen LogP contribution in [0.1, 0.15) is 29.6 Å². The minimum Gasteiger partial charge on any atom is -0.493 e. The number of Topliss-reactive ketones (excluding diaryl/α,β-unsaturated/α-hetero) is 1. The van der Waals surface area contributed by atoms with Crippen molar-refractivity contribution in [2.75, 3.05) is 13.7 Å². The van der Waals surface area contributed by atoms with Gasteiger partial charge in [-0.05, 0) is 25.3 Å². The Hall–Kier alpha value is -1.26. The highest BCUT2D eigenvalue weighted by atomic mass is 35.5. The average molecular weight is 270 g/mol. The monoisotopic (exact) mass is 269 g/mol. The number of benzene rings is 1. The maximum Gasteiger partial charge on any atom is 0.178 e. The normalized spacial score (nSPS) is 15.1. The van der Waals surface area contributed by atoms with Crippen LogP contribution in [0.3, 0.4) is 0 Å². The summed E-state index contributed by atoms with van der Waals surface area (Å²) in [5, 5.41) is 0.336. The number of halogens is 1. The second kappa shape index (κ2) is 5.59. The summed E-state index contributed by atoms with van der Waals surface area (Å²) in [7, 11) is 1.55. The summed E-state index contributed by atoms with van der Waals surface area (Å²) >= 11 is 6.03. The third-order valence-electron chi connectivity index (χ3n) is 3.08. The van der Waals surface area contributed by atoms with Gasteiger partial charge in [0.15, 0.2) is 17.3 Å². The molecule has 5 heteroatoms. The fraction of sp³-hybridized carbons (Fsp3) is 0.462. The van der Waals surface area contributed by atoms with E-state index in [0.29, 0.717) is 22.1 Å². The predicted octanol–water partition coefficient (Wildman–Crippen LogP) is 2.42. The van der Waals surface area contributed by atoms with Crippen molar-refractivity contribution >= 4 is 17.4 Å². The van der Waals surface area contributed by atoms with E-state index in [1.54, 1.807) is 19.2 Å². The number of ketones is 1. The Morgan fingerprint density at radius 3 is 2.67 bits per heavy atom. The molecular weight excluding hydrogens is 254 g/mol. The summed E-state index contributed by atoms with van der Waals surface area (Å²) in [4.78, 5) is 11.6. The molecule has 18 heavy (non-hydrogen) atoms. The molecule has 98 valence electrons. The average Bonchev–Trinajstić information content (AvgIpc) is 2.33. The molecule has 1 fully saturated rings. The summed E-state index contributed by atoms with van der Waals surface area (Å²) in [5.41, 5.74) is 5.74. The smallest absolute Gasteiger partial charge is 0.178 e. The van der Waals surface area contributed by atoms with Crippen LogP contribution in [0.5, 0.6) is 11.5 Å². The second-order valence-electron chi connectivity index (χ2n) is 4.28. The first-order valence-electron chi connectivity index (χ1n) is 5.93.